The van der Waals surface area contributed by atoms with Crippen LogP contribution < -0.4 is 14.2 Å². The molecule has 0 bridgehead atoms. The van der Waals surface area contributed by atoms with Crippen molar-refractivity contribution in [3.8, 4) is 28.4 Å². The number of benzene rings is 5. The Morgan fingerprint density at radius 3 is 2.19 bits per heavy atom. The first-order valence-electron chi connectivity index (χ1n) is 13.6. The van der Waals surface area contributed by atoms with Crippen LogP contribution in [0.2, 0.25) is 0 Å². The average molecular weight is 602 g/mol. The molecule has 0 aliphatic heterocycles. The maximum absolute atomic E-state index is 13.5. The number of aromatic hydroxyl groups is 1. The first kappa shape index (κ1) is 29.7. The molecule has 0 unspecified atom stereocenters. The maximum atomic E-state index is 13.5. The number of phenolic OH excluding ortho intramolecular Hbond substituents is 1. The number of phenols is 1. The third kappa shape index (κ3) is 6.50. The summed E-state index contributed by atoms with van der Waals surface area (Å²) in [4.78, 5) is 13.0. The van der Waals surface area contributed by atoms with Crippen LogP contribution in [0.1, 0.15) is 0 Å². The number of nitrogens with zero attached hydrogens (tertiary/aromatic N) is 1. The first-order chi connectivity index (χ1) is 20.5. The van der Waals surface area contributed by atoms with Crippen molar-refractivity contribution in [3.05, 3.63) is 91.0 Å². The van der Waals surface area contributed by atoms with Crippen LogP contribution in [0.4, 0.5) is 10.5 Å². The zero-order valence-electron chi connectivity index (χ0n) is 24.3. The Morgan fingerprint density at radius 2 is 1.51 bits per heavy atom. The predicted molar refractivity (Wildman–Crippen MR) is 167 cm³/mol. The molecule has 0 spiro atoms. The van der Waals surface area contributed by atoms with Crippen molar-refractivity contribution in [2.45, 2.75) is 4.90 Å². The van der Waals surface area contributed by atoms with E-state index in [0.717, 1.165) is 5.39 Å². The maximum Gasteiger partial charge on any atom is 0.514 e. The van der Waals surface area contributed by atoms with Gasteiger partial charge in [0.1, 0.15) is 24.7 Å². The number of quaternary nitrogens is 1. The van der Waals surface area contributed by atoms with Crippen LogP contribution >= 0.6 is 0 Å². The second kappa shape index (κ2) is 11.8. The molecule has 0 aliphatic rings. The number of hydrogen-bond donors (Lipinski definition) is 2. The van der Waals surface area contributed by atoms with Crippen LogP contribution in [-0.2, 0) is 14.8 Å². The van der Waals surface area contributed by atoms with Gasteiger partial charge < -0.3 is 23.8 Å². The van der Waals surface area contributed by atoms with Gasteiger partial charge in [0.2, 0.25) is 0 Å². The minimum absolute atomic E-state index is 0.0353. The molecular formula is C33H33N2O7S+. The lowest BCUT2D eigenvalue weighted by Crippen LogP contribution is -2.38. The molecule has 2 N–H and O–H groups in total. The van der Waals surface area contributed by atoms with Gasteiger partial charge >= 0.3 is 6.16 Å². The second-order valence-corrected chi connectivity index (χ2v) is 12.7. The first-order valence-corrected chi connectivity index (χ1v) is 15.0. The van der Waals surface area contributed by atoms with Crippen molar-refractivity contribution in [2.75, 3.05) is 46.1 Å². The number of carbonyl (C=O) groups is 1. The Labute approximate surface area is 250 Å². The van der Waals surface area contributed by atoms with Gasteiger partial charge in [-0.25, -0.2) is 13.2 Å². The van der Waals surface area contributed by atoms with Crippen LogP contribution in [0.25, 0.3) is 32.7 Å². The third-order valence-corrected chi connectivity index (χ3v) is 8.33. The van der Waals surface area contributed by atoms with Crippen molar-refractivity contribution in [2.24, 2.45) is 0 Å². The summed E-state index contributed by atoms with van der Waals surface area (Å²) in [5, 5.41) is 13.6. The molecule has 0 radical (unpaired) electrons. The summed E-state index contributed by atoms with van der Waals surface area (Å²) < 4.78 is 46.8. The minimum Gasteiger partial charge on any atom is -0.507 e. The van der Waals surface area contributed by atoms with Gasteiger partial charge in [0.25, 0.3) is 10.0 Å². The van der Waals surface area contributed by atoms with Gasteiger partial charge in [-0.05, 0) is 47.2 Å². The molecule has 5 aromatic rings. The lowest BCUT2D eigenvalue weighted by atomic mass is 9.93. The highest BCUT2D eigenvalue weighted by Gasteiger charge is 2.24. The van der Waals surface area contributed by atoms with Gasteiger partial charge in [0.15, 0.2) is 5.75 Å². The largest absolute Gasteiger partial charge is 0.514 e. The molecule has 9 nitrogen and oxygen atoms in total. The summed E-state index contributed by atoms with van der Waals surface area (Å²) in [6, 6.07) is 25.3. The van der Waals surface area contributed by atoms with Crippen LogP contribution in [-0.4, -0.2) is 65.6 Å². The van der Waals surface area contributed by atoms with Gasteiger partial charge in [-0.1, -0.05) is 54.6 Å². The average Bonchev–Trinajstić information content (AvgIpc) is 2.97. The summed E-state index contributed by atoms with van der Waals surface area (Å²) in [6.07, 6.45) is -0.911. The number of likely N-dealkylation sites (N-methyl/N-ethyl adjacent to an activating group) is 1. The molecule has 222 valence electrons. The second-order valence-electron chi connectivity index (χ2n) is 11.0. The molecule has 0 fully saturated rings. The molecule has 5 rings (SSSR count). The Kier molecular flexibility index (Phi) is 8.16. The van der Waals surface area contributed by atoms with Gasteiger partial charge in [0.05, 0.1) is 38.8 Å². The van der Waals surface area contributed by atoms with E-state index in [0.29, 0.717) is 44.1 Å². The number of sulfonamides is 1. The van der Waals surface area contributed by atoms with Crippen molar-refractivity contribution in [1.29, 1.82) is 0 Å². The van der Waals surface area contributed by atoms with E-state index in [1.807, 2.05) is 45.4 Å². The standard InChI is InChI=1S/C33H32N2O7S/c1-35(2,3)19-20-41-33(37)42-32-27-12-8-7-11-26(27)29(34-43(38,39)24-16-14-23(40-4)15-17-24)21-28(32)31-25-10-6-5-9-22(25)13-18-30(31)36/h5-18,21,34H,19-20H2,1-4H3/p+1. The van der Waals surface area contributed by atoms with E-state index >= 15 is 0 Å². The topological polar surface area (TPSA) is 111 Å². The summed E-state index contributed by atoms with van der Waals surface area (Å²) in [5.41, 5.74) is 0.923. The van der Waals surface area contributed by atoms with Crippen LogP contribution in [0, 0.1) is 0 Å². The van der Waals surface area contributed by atoms with Crippen LogP contribution in [0.15, 0.2) is 95.9 Å². The molecule has 10 heteroatoms. The van der Waals surface area contributed by atoms with E-state index in [9.17, 15) is 18.3 Å². The van der Waals surface area contributed by atoms with Gasteiger partial charge in [-0.3, -0.25) is 4.72 Å². The molecule has 0 saturated heterocycles. The van der Waals surface area contributed by atoms with E-state index in [2.05, 4.69) is 4.72 Å². The number of anilines is 1. The smallest absolute Gasteiger partial charge is 0.507 e. The van der Waals surface area contributed by atoms with E-state index in [-0.39, 0.29) is 28.7 Å². The molecule has 5 aromatic carbocycles. The van der Waals surface area contributed by atoms with Crippen LogP contribution in [0.3, 0.4) is 0 Å². The van der Waals surface area contributed by atoms with Crippen molar-refractivity contribution in [1.82, 2.24) is 0 Å². The van der Waals surface area contributed by atoms with E-state index in [1.54, 1.807) is 54.6 Å². The van der Waals surface area contributed by atoms with Gasteiger partial charge in [-0.15, -0.1) is 0 Å². The fraction of sp³-hybridized carbons (Fsp3) is 0.182. The summed E-state index contributed by atoms with van der Waals surface area (Å²) >= 11 is 0. The van der Waals surface area contributed by atoms with Crippen molar-refractivity contribution >= 4 is 43.4 Å². The number of fused-ring (bicyclic) bond motifs is 2. The van der Waals surface area contributed by atoms with Crippen LogP contribution in [0.5, 0.6) is 17.2 Å². The minimum atomic E-state index is -4.05. The molecule has 0 aliphatic carbocycles. The number of nitrogens with one attached hydrogen (secondary N) is 1. The monoisotopic (exact) mass is 601 g/mol. The Bertz CT molecular complexity index is 1910. The highest BCUT2D eigenvalue weighted by Crippen LogP contribution is 2.47. The Hall–Kier alpha value is -4.80. The zero-order chi connectivity index (χ0) is 30.8. The highest BCUT2D eigenvalue weighted by molar-refractivity contribution is 7.92. The van der Waals surface area contributed by atoms with E-state index in [1.165, 1.54) is 19.2 Å². The van der Waals surface area contributed by atoms with E-state index in [4.69, 9.17) is 14.2 Å². The molecule has 0 saturated carbocycles. The summed E-state index contributed by atoms with van der Waals surface area (Å²) in [6.45, 7) is 0.702. The zero-order valence-corrected chi connectivity index (χ0v) is 25.1. The van der Waals surface area contributed by atoms with Gasteiger partial charge in [-0.2, -0.15) is 0 Å². The molecule has 0 amide bonds. The van der Waals surface area contributed by atoms with E-state index < -0.39 is 16.2 Å². The van der Waals surface area contributed by atoms with Crippen molar-refractivity contribution < 1.29 is 37.0 Å². The number of methoxy groups -OCH3 is 1. The number of rotatable bonds is 9. The molecular weight excluding hydrogens is 568 g/mol. The fourth-order valence-corrected chi connectivity index (χ4v) is 5.82. The Balaban J connectivity index is 1.69. The molecule has 0 aromatic heterocycles. The molecule has 0 atom stereocenters. The summed E-state index contributed by atoms with van der Waals surface area (Å²) in [7, 11) is 3.40. The van der Waals surface area contributed by atoms with Gasteiger partial charge in [0, 0.05) is 21.9 Å². The molecule has 43 heavy (non-hydrogen) atoms. The lowest BCUT2D eigenvalue weighted by molar-refractivity contribution is -0.870. The quantitative estimate of drug-likeness (QED) is 0.114. The number of ether oxygens (including phenoxy) is 3. The third-order valence-electron chi connectivity index (χ3n) is 6.95. The normalized spacial score (nSPS) is 11.8. The lowest BCUT2D eigenvalue weighted by Gasteiger charge is -2.23. The fourth-order valence-electron chi connectivity index (χ4n) is 4.75. The predicted octanol–water partition coefficient (Wildman–Crippen LogP) is 6.40. The Morgan fingerprint density at radius 1 is 0.860 bits per heavy atom. The SMILES string of the molecule is COc1ccc(S(=O)(=O)Nc2cc(-c3c(O)ccc4ccccc34)c(OC(=O)OCC[N+](C)(C)C)c3ccccc23)cc1. The van der Waals surface area contributed by atoms with Crippen molar-refractivity contribution in [3.63, 3.8) is 0 Å². The number of carbonyl (C=O) groups excluding carboxylic acids is 1. The number of hydrogen-bond acceptors (Lipinski definition) is 7. The highest BCUT2D eigenvalue weighted by atomic mass is 32.2. The summed E-state index contributed by atoms with van der Waals surface area (Å²) in [5.74, 6) is 0.582. The molecule has 0 heterocycles.